The molecule has 0 heterocycles. The van der Waals surface area contributed by atoms with Gasteiger partial charge in [-0.25, -0.2) is 0 Å². The van der Waals surface area contributed by atoms with Crippen LogP contribution in [0.2, 0.25) is 0 Å². The van der Waals surface area contributed by atoms with Crippen LogP contribution in [0.5, 0.6) is 46.0 Å². The maximum absolute atomic E-state index is 5.98. The van der Waals surface area contributed by atoms with Crippen molar-refractivity contribution >= 4 is 5.69 Å². The SMILES string of the molecule is Nc1ccccc1Oc1cccc(Oc2ccc(Oc3ccc(Oc4ccccc4)cc3)cc2)c1. The highest BCUT2D eigenvalue weighted by molar-refractivity contribution is 5.54. The first-order valence-corrected chi connectivity index (χ1v) is 11.1. The highest BCUT2D eigenvalue weighted by atomic mass is 16.5. The lowest BCUT2D eigenvalue weighted by Crippen LogP contribution is -1.92. The Bertz CT molecular complexity index is 1380. The molecule has 0 bridgehead atoms. The number of ether oxygens (including phenoxy) is 4. The van der Waals surface area contributed by atoms with Crippen LogP contribution in [0, 0.1) is 0 Å². The van der Waals surface area contributed by atoms with Crippen molar-refractivity contribution in [2.75, 3.05) is 5.73 Å². The number of anilines is 1. The second kappa shape index (κ2) is 10.4. The normalized spacial score (nSPS) is 10.4. The third-order valence-electron chi connectivity index (χ3n) is 5.05. The molecule has 5 nitrogen and oxygen atoms in total. The van der Waals surface area contributed by atoms with Gasteiger partial charge in [0.25, 0.3) is 0 Å². The van der Waals surface area contributed by atoms with E-state index in [0.717, 1.165) is 11.5 Å². The summed E-state index contributed by atoms with van der Waals surface area (Å²) in [6, 6.07) is 39.3. The lowest BCUT2D eigenvalue weighted by Gasteiger charge is -2.11. The van der Waals surface area contributed by atoms with Gasteiger partial charge in [-0.15, -0.1) is 0 Å². The first-order valence-electron chi connectivity index (χ1n) is 11.1. The van der Waals surface area contributed by atoms with E-state index in [0.29, 0.717) is 40.2 Å². The van der Waals surface area contributed by atoms with E-state index < -0.39 is 0 Å². The predicted octanol–water partition coefficient (Wildman–Crippen LogP) is 8.44. The molecule has 0 radical (unpaired) electrons. The van der Waals surface area contributed by atoms with Crippen LogP contribution >= 0.6 is 0 Å². The summed E-state index contributed by atoms with van der Waals surface area (Å²) in [4.78, 5) is 0. The van der Waals surface area contributed by atoms with Crippen LogP contribution in [-0.2, 0) is 0 Å². The van der Waals surface area contributed by atoms with Crippen LogP contribution in [0.4, 0.5) is 5.69 Å². The van der Waals surface area contributed by atoms with Crippen molar-refractivity contribution in [3.05, 3.63) is 127 Å². The molecule has 0 spiro atoms. The Morgan fingerprint density at radius 1 is 0.343 bits per heavy atom. The second-order valence-electron chi connectivity index (χ2n) is 7.68. The van der Waals surface area contributed by atoms with Gasteiger partial charge < -0.3 is 24.7 Å². The quantitative estimate of drug-likeness (QED) is 0.235. The van der Waals surface area contributed by atoms with Gasteiger partial charge in [-0.2, -0.15) is 0 Å². The Morgan fingerprint density at radius 2 is 0.743 bits per heavy atom. The summed E-state index contributed by atoms with van der Waals surface area (Å²) in [7, 11) is 0. The maximum Gasteiger partial charge on any atom is 0.150 e. The zero-order valence-electron chi connectivity index (χ0n) is 18.8. The average Bonchev–Trinajstić information content (AvgIpc) is 2.89. The summed E-state index contributed by atoms with van der Waals surface area (Å²) in [6.07, 6.45) is 0. The van der Waals surface area contributed by atoms with E-state index in [2.05, 4.69) is 0 Å². The average molecular weight is 462 g/mol. The molecule has 5 rings (SSSR count). The Kier molecular flexibility index (Phi) is 6.49. The van der Waals surface area contributed by atoms with Gasteiger partial charge in [0.2, 0.25) is 0 Å². The van der Waals surface area contributed by atoms with Crippen molar-refractivity contribution in [3.63, 3.8) is 0 Å². The highest BCUT2D eigenvalue weighted by Gasteiger charge is 2.05. The summed E-state index contributed by atoms with van der Waals surface area (Å²) in [5, 5.41) is 0. The van der Waals surface area contributed by atoms with Gasteiger partial charge >= 0.3 is 0 Å². The summed E-state index contributed by atoms with van der Waals surface area (Å²) in [5.41, 5.74) is 6.54. The third kappa shape index (κ3) is 5.92. The fraction of sp³-hybridized carbons (Fsp3) is 0. The topological polar surface area (TPSA) is 62.9 Å². The molecule has 172 valence electrons. The fourth-order valence-electron chi connectivity index (χ4n) is 3.35. The van der Waals surface area contributed by atoms with Gasteiger partial charge in [0.05, 0.1) is 5.69 Å². The molecule has 0 aliphatic heterocycles. The van der Waals surface area contributed by atoms with E-state index >= 15 is 0 Å². The van der Waals surface area contributed by atoms with E-state index in [-0.39, 0.29) is 0 Å². The molecular formula is C30H23NO4. The summed E-state index contributed by atoms with van der Waals surface area (Å²) < 4.78 is 23.6. The molecule has 5 heteroatoms. The zero-order valence-corrected chi connectivity index (χ0v) is 18.8. The van der Waals surface area contributed by atoms with Crippen LogP contribution in [0.1, 0.15) is 0 Å². The highest BCUT2D eigenvalue weighted by Crippen LogP contribution is 2.32. The molecule has 5 aromatic carbocycles. The largest absolute Gasteiger partial charge is 0.457 e. The maximum atomic E-state index is 5.98. The van der Waals surface area contributed by atoms with Crippen LogP contribution in [-0.4, -0.2) is 0 Å². The van der Waals surface area contributed by atoms with Crippen molar-refractivity contribution in [2.24, 2.45) is 0 Å². The monoisotopic (exact) mass is 461 g/mol. The van der Waals surface area contributed by atoms with Crippen molar-refractivity contribution in [3.8, 4) is 46.0 Å². The van der Waals surface area contributed by atoms with Crippen LogP contribution in [0.25, 0.3) is 0 Å². The summed E-state index contributed by atoms with van der Waals surface area (Å²) in [6.45, 7) is 0. The number of nitrogens with two attached hydrogens (primary N) is 1. The van der Waals surface area contributed by atoms with Crippen molar-refractivity contribution in [2.45, 2.75) is 0 Å². The molecular weight excluding hydrogens is 438 g/mol. The van der Waals surface area contributed by atoms with E-state index in [1.807, 2.05) is 121 Å². The molecule has 35 heavy (non-hydrogen) atoms. The predicted molar refractivity (Wildman–Crippen MR) is 137 cm³/mol. The molecule has 0 amide bonds. The molecule has 0 fully saturated rings. The molecule has 0 aliphatic carbocycles. The van der Waals surface area contributed by atoms with Crippen LogP contribution in [0.15, 0.2) is 127 Å². The first-order chi connectivity index (χ1) is 17.2. The first kappa shape index (κ1) is 21.9. The number of hydrogen-bond donors (Lipinski definition) is 1. The van der Waals surface area contributed by atoms with Gasteiger partial charge in [-0.3, -0.25) is 0 Å². The van der Waals surface area contributed by atoms with Crippen molar-refractivity contribution in [1.29, 1.82) is 0 Å². The van der Waals surface area contributed by atoms with Gasteiger partial charge in [-0.1, -0.05) is 36.4 Å². The standard InChI is InChI=1S/C30H23NO4/c31-29-11-4-5-12-30(29)35-28-10-6-9-27(21-28)34-26-19-17-25(18-20-26)33-24-15-13-23(14-16-24)32-22-7-2-1-3-8-22/h1-21H,31H2. The minimum atomic E-state index is 0.577. The smallest absolute Gasteiger partial charge is 0.150 e. The van der Waals surface area contributed by atoms with Crippen LogP contribution in [0.3, 0.4) is 0 Å². The van der Waals surface area contributed by atoms with E-state index in [4.69, 9.17) is 24.7 Å². The molecule has 0 aromatic heterocycles. The van der Waals surface area contributed by atoms with Crippen molar-refractivity contribution in [1.82, 2.24) is 0 Å². The Labute approximate surface area is 203 Å². The molecule has 5 aromatic rings. The Morgan fingerprint density at radius 3 is 1.29 bits per heavy atom. The number of nitrogen functional groups attached to an aromatic ring is 1. The van der Waals surface area contributed by atoms with E-state index in [1.54, 1.807) is 6.07 Å². The summed E-state index contributed by atoms with van der Waals surface area (Å²) in [5.74, 6) is 5.52. The van der Waals surface area contributed by atoms with Gasteiger partial charge in [0.15, 0.2) is 0 Å². The van der Waals surface area contributed by atoms with E-state index in [1.165, 1.54) is 0 Å². The summed E-state index contributed by atoms with van der Waals surface area (Å²) >= 11 is 0. The molecule has 0 atom stereocenters. The van der Waals surface area contributed by atoms with Gasteiger partial charge in [0, 0.05) is 6.07 Å². The Hall–Kier alpha value is -4.90. The van der Waals surface area contributed by atoms with Crippen molar-refractivity contribution < 1.29 is 18.9 Å². The minimum absolute atomic E-state index is 0.577. The number of para-hydroxylation sites is 3. The minimum Gasteiger partial charge on any atom is -0.457 e. The van der Waals surface area contributed by atoms with Crippen LogP contribution < -0.4 is 24.7 Å². The number of rotatable bonds is 8. The molecule has 0 saturated carbocycles. The molecule has 0 unspecified atom stereocenters. The second-order valence-corrected chi connectivity index (χ2v) is 7.68. The number of benzene rings is 5. The molecule has 0 aliphatic rings. The number of hydrogen-bond acceptors (Lipinski definition) is 5. The lowest BCUT2D eigenvalue weighted by molar-refractivity contribution is 0.456. The molecule has 2 N–H and O–H groups in total. The van der Waals surface area contributed by atoms with Gasteiger partial charge in [-0.05, 0) is 84.9 Å². The molecule has 0 saturated heterocycles. The van der Waals surface area contributed by atoms with E-state index in [9.17, 15) is 0 Å². The zero-order chi connectivity index (χ0) is 23.9. The third-order valence-corrected chi connectivity index (χ3v) is 5.05. The fourth-order valence-corrected chi connectivity index (χ4v) is 3.35. The Balaban J connectivity index is 1.19. The van der Waals surface area contributed by atoms with Gasteiger partial charge in [0.1, 0.15) is 46.0 Å². The lowest BCUT2D eigenvalue weighted by atomic mass is 10.3.